The third kappa shape index (κ3) is 5.73. The standard InChI is InChI=1S/C14H18N4OS2/c1-11(12-3-6-15-7-4-12)18-13(19)16-5-2-9-20-14-17-8-10-21-14/h3-4,6-8,10-11H,2,5,9H2,1H3,(H2,16,18,19)/t11-/m0/s1. The topological polar surface area (TPSA) is 66.9 Å². The number of aromatic nitrogens is 2. The summed E-state index contributed by atoms with van der Waals surface area (Å²) in [6, 6.07) is 3.63. The van der Waals surface area contributed by atoms with E-state index >= 15 is 0 Å². The van der Waals surface area contributed by atoms with Gasteiger partial charge in [-0.25, -0.2) is 9.78 Å². The van der Waals surface area contributed by atoms with Crippen molar-refractivity contribution in [3.05, 3.63) is 41.7 Å². The Hall–Kier alpha value is -1.60. The van der Waals surface area contributed by atoms with Gasteiger partial charge >= 0.3 is 6.03 Å². The van der Waals surface area contributed by atoms with E-state index in [-0.39, 0.29) is 12.1 Å². The normalized spacial score (nSPS) is 11.9. The molecule has 0 fully saturated rings. The molecule has 0 aliphatic heterocycles. The number of nitrogens with zero attached hydrogens (tertiary/aromatic N) is 2. The lowest BCUT2D eigenvalue weighted by Gasteiger charge is -2.14. The van der Waals surface area contributed by atoms with Crippen LogP contribution in [-0.4, -0.2) is 28.3 Å². The first-order chi connectivity index (χ1) is 10.3. The van der Waals surface area contributed by atoms with Gasteiger partial charge in [-0.1, -0.05) is 11.8 Å². The van der Waals surface area contributed by atoms with Gasteiger partial charge < -0.3 is 10.6 Å². The third-order valence-electron chi connectivity index (χ3n) is 2.80. The molecule has 2 aromatic rings. The van der Waals surface area contributed by atoms with Crippen LogP contribution in [0.4, 0.5) is 4.79 Å². The van der Waals surface area contributed by atoms with Gasteiger partial charge in [0.25, 0.3) is 0 Å². The van der Waals surface area contributed by atoms with Gasteiger partial charge in [0.15, 0.2) is 0 Å². The van der Waals surface area contributed by atoms with Crippen molar-refractivity contribution in [3.8, 4) is 0 Å². The summed E-state index contributed by atoms with van der Waals surface area (Å²) in [6.07, 6.45) is 6.17. The van der Waals surface area contributed by atoms with Crippen molar-refractivity contribution in [1.29, 1.82) is 0 Å². The number of amides is 2. The summed E-state index contributed by atoms with van der Waals surface area (Å²) in [5.41, 5.74) is 1.04. The molecule has 0 saturated heterocycles. The first kappa shape index (κ1) is 15.8. The second-order valence-electron chi connectivity index (χ2n) is 4.40. The maximum absolute atomic E-state index is 11.8. The van der Waals surface area contributed by atoms with Crippen LogP contribution in [0.2, 0.25) is 0 Å². The number of thioether (sulfide) groups is 1. The molecule has 5 nitrogen and oxygen atoms in total. The largest absolute Gasteiger partial charge is 0.338 e. The number of carbonyl (C=O) groups is 1. The summed E-state index contributed by atoms with van der Waals surface area (Å²) in [4.78, 5) is 19.9. The molecule has 2 aromatic heterocycles. The zero-order valence-corrected chi connectivity index (χ0v) is 13.4. The summed E-state index contributed by atoms with van der Waals surface area (Å²) < 4.78 is 1.07. The van der Waals surface area contributed by atoms with E-state index in [1.165, 1.54) is 0 Å². The molecule has 1 atom stereocenters. The van der Waals surface area contributed by atoms with E-state index < -0.39 is 0 Å². The molecule has 0 aromatic carbocycles. The van der Waals surface area contributed by atoms with Crippen molar-refractivity contribution in [1.82, 2.24) is 20.6 Å². The smallest absolute Gasteiger partial charge is 0.315 e. The molecule has 2 rings (SSSR count). The molecule has 0 aliphatic rings. The molecule has 21 heavy (non-hydrogen) atoms. The van der Waals surface area contributed by atoms with Gasteiger partial charge in [0.1, 0.15) is 4.34 Å². The fourth-order valence-electron chi connectivity index (χ4n) is 1.70. The van der Waals surface area contributed by atoms with E-state index in [0.29, 0.717) is 6.54 Å². The highest BCUT2D eigenvalue weighted by molar-refractivity contribution is 8.00. The van der Waals surface area contributed by atoms with Crippen molar-refractivity contribution >= 4 is 29.1 Å². The third-order valence-corrected chi connectivity index (χ3v) is 4.85. The Kier molecular flexibility index (Phi) is 6.49. The lowest BCUT2D eigenvalue weighted by atomic mass is 10.1. The Morgan fingerprint density at radius 1 is 1.38 bits per heavy atom. The average Bonchev–Trinajstić information content (AvgIpc) is 3.01. The fraction of sp³-hybridized carbons (Fsp3) is 0.357. The Morgan fingerprint density at radius 2 is 2.19 bits per heavy atom. The van der Waals surface area contributed by atoms with Crippen LogP contribution in [0.3, 0.4) is 0 Å². The van der Waals surface area contributed by atoms with Crippen LogP contribution in [-0.2, 0) is 0 Å². The minimum Gasteiger partial charge on any atom is -0.338 e. The molecule has 112 valence electrons. The van der Waals surface area contributed by atoms with Crippen LogP contribution in [0.15, 0.2) is 40.4 Å². The highest BCUT2D eigenvalue weighted by Crippen LogP contribution is 2.20. The van der Waals surface area contributed by atoms with Gasteiger partial charge in [0, 0.05) is 36.3 Å². The summed E-state index contributed by atoms with van der Waals surface area (Å²) in [7, 11) is 0. The predicted molar refractivity (Wildman–Crippen MR) is 86.6 cm³/mol. The summed E-state index contributed by atoms with van der Waals surface area (Å²) >= 11 is 3.36. The Morgan fingerprint density at radius 3 is 2.90 bits per heavy atom. The van der Waals surface area contributed by atoms with E-state index in [4.69, 9.17) is 0 Å². The number of rotatable bonds is 7. The maximum atomic E-state index is 11.8. The van der Waals surface area contributed by atoms with E-state index in [1.807, 2.05) is 24.4 Å². The molecule has 2 heterocycles. The maximum Gasteiger partial charge on any atom is 0.315 e. The van der Waals surface area contributed by atoms with Crippen molar-refractivity contribution in [2.24, 2.45) is 0 Å². The fourth-order valence-corrected chi connectivity index (χ4v) is 3.35. The number of nitrogens with one attached hydrogen (secondary N) is 2. The van der Waals surface area contributed by atoms with E-state index in [1.54, 1.807) is 41.7 Å². The number of hydrogen-bond acceptors (Lipinski definition) is 5. The van der Waals surface area contributed by atoms with Crippen molar-refractivity contribution in [3.63, 3.8) is 0 Å². The predicted octanol–water partition coefficient (Wildman–Crippen LogP) is 3.08. The minimum absolute atomic E-state index is 0.0299. The molecule has 7 heteroatoms. The average molecular weight is 322 g/mol. The van der Waals surface area contributed by atoms with Crippen LogP contribution in [0.5, 0.6) is 0 Å². The van der Waals surface area contributed by atoms with E-state index in [9.17, 15) is 4.79 Å². The Bertz CT molecular complexity index is 533. The van der Waals surface area contributed by atoms with Crippen LogP contribution >= 0.6 is 23.1 Å². The van der Waals surface area contributed by atoms with Crippen LogP contribution < -0.4 is 10.6 Å². The number of thiazole rings is 1. The van der Waals surface area contributed by atoms with Crippen LogP contribution in [0.25, 0.3) is 0 Å². The highest BCUT2D eigenvalue weighted by atomic mass is 32.2. The molecule has 0 spiro atoms. The molecule has 0 saturated carbocycles. The molecular formula is C14H18N4OS2. The Labute approximate surface area is 132 Å². The number of pyridine rings is 1. The van der Waals surface area contributed by atoms with Crippen molar-refractivity contribution in [2.45, 2.75) is 23.7 Å². The zero-order valence-electron chi connectivity index (χ0n) is 11.8. The number of carbonyl (C=O) groups excluding carboxylic acids is 1. The second-order valence-corrected chi connectivity index (χ2v) is 6.64. The molecule has 2 amide bonds. The summed E-state index contributed by atoms with van der Waals surface area (Å²) in [6.45, 7) is 2.61. The van der Waals surface area contributed by atoms with Gasteiger partial charge in [-0.3, -0.25) is 4.98 Å². The van der Waals surface area contributed by atoms with E-state index in [0.717, 1.165) is 22.1 Å². The SMILES string of the molecule is C[C@H](NC(=O)NCCCSc1nccs1)c1ccncc1. The van der Waals surface area contributed by atoms with E-state index in [2.05, 4.69) is 20.6 Å². The van der Waals surface area contributed by atoms with Gasteiger partial charge in [0.2, 0.25) is 0 Å². The van der Waals surface area contributed by atoms with Crippen LogP contribution in [0, 0.1) is 0 Å². The monoisotopic (exact) mass is 322 g/mol. The lowest BCUT2D eigenvalue weighted by Crippen LogP contribution is -2.37. The molecule has 0 radical (unpaired) electrons. The number of urea groups is 1. The number of hydrogen-bond donors (Lipinski definition) is 2. The first-order valence-electron chi connectivity index (χ1n) is 6.72. The van der Waals surface area contributed by atoms with Crippen molar-refractivity contribution < 1.29 is 4.79 Å². The first-order valence-corrected chi connectivity index (χ1v) is 8.59. The quantitative estimate of drug-likeness (QED) is 0.607. The Balaban J connectivity index is 1.59. The molecule has 0 bridgehead atoms. The molecule has 2 N–H and O–H groups in total. The van der Waals surface area contributed by atoms with Gasteiger partial charge in [0.05, 0.1) is 6.04 Å². The van der Waals surface area contributed by atoms with Crippen molar-refractivity contribution in [2.75, 3.05) is 12.3 Å². The highest BCUT2D eigenvalue weighted by Gasteiger charge is 2.08. The zero-order chi connectivity index (χ0) is 14.9. The lowest BCUT2D eigenvalue weighted by molar-refractivity contribution is 0.238. The summed E-state index contributed by atoms with van der Waals surface area (Å²) in [5.74, 6) is 0.952. The van der Waals surface area contributed by atoms with Gasteiger partial charge in [-0.05, 0) is 31.0 Å². The second kappa shape index (κ2) is 8.63. The molecular weight excluding hydrogens is 304 g/mol. The molecule has 0 unspecified atom stereocenters. The molecule has 0 aliphatic carbocycles. The minimum atomic E-state index is -0.140. The van der Waals surface area contributed by atoms with Gasteiger partial charge in [-0.2, -0.15) is 0 Å². The summed E-state index contributed by atoms with van der Waals surface area (Å²) in [5, 5.41) is 7.74. The van der Waals surface area contributed by atoms with Crippen LogP contribution in [0.1, 0.15) is 24.9 Å². The van der Waals surface area contributed by atoms with Gasteiger partial charge in [-0.15, -0.1) is 11.3 Å².